The summed E-state index contributed by atoms with van der Waals surface area (Å²) in [6.45, 7) is 0.0949. The summed E-state index contributed by atoms with van der Waals surface area (Å²) in [6, 6.07) is 9.13. The van der Waals surface area contributed by atoms with Gasteiger partial charge in [-0.2, -0.15) is 0 Å². The van der Waals surface area contributed by atoms with Crippen molar-refractivity contribution in [2.75, 3.05) is 5.32 Å². The molecule has 27 heavy (non-hydrogen) atoms. The van der Waals surface area contributed by atoms with Crippen LogP contribution in [0, 0.1) is 5.82 Å². The van der Waals surface area contributed by atoms with Crippen molar-refractivity contribution in [1.82, 2.24) is 0 Å². The third kappa shape index (κ3) is 5.45. The van der Waals surface area contributed by atoms with Crippen LogP contribution in [0.1, 0.15) is 36.8 Å². The highest BCUT2D eigenvalue weighted by molar-refractivity contribution is 9.11. The topological polar surface area (TPSA) is 58.6 Å². The highest BCUT2D eigenvalue weighted by Gasteiger charge is 2.17. The minimum Gasteiger partial charge on any atom is -0.486 e. The Hall–Kier alpha value is -1.60. The van der Waals surface area contributed by atoms with Crippen LogP contribution in [0.25, 0.3) is 0 Å². The fourth-order valence-electron chi connectivity index (χ4n) is 2.86. The predicted octanol–water partition coefficient (Wildman–Crippen LogP) is 5.91. The third-order valence-electron chi connectivity index (χ3n) is 4.58. The number of ether oxygens (including phenoxy) is 1. The van der Waals surface area contributed by atoms with Crippen molar-refractivity contribution in [3.05, 3.63) is 56.2 Å². The van der Waals surface area contributed by atoms with Crippen molar-refractivity contribution in [3.63, 3.8) is 0 Å². The first-order chi connectivity index (χ1) is 12.9. The van der Waals surface area contributed by atoms with Crippen LogP contribution in [0.4, 0.5) is 10.1 Å². The minimum atomic E-state index is -0.839. The number of aliphatic carboxylic acids is 1. The van der Waals surface area contributed by atoms with E-state index in [2.05, 4.69) is 37.2 Å². The average Bonchev–Trinajstić information content (AvgIpc) is 2.57. The zero-order valence-corrected chi connectivity index (χ0v) is 17.8. The second kappa shape index (κ2) is 9.06. The number of benzene rings is 2. The fraction of sp³-hybridized carbons (Fsp3) is 0.350. The van der Waals surface area contributed by atoms with E-state index in [0.717, 1.165) is 24.1 Å². The summed E-state index contributed by atoms with van der Waals surface area (Å²) in [6.07, 6.45) is 4.02. The summed E-state index contributed by atoms with van der Waals surface area (Å²) in [7, 11) is 0. The highest BCUT2D eigenvalue weighted by atomic mass is 79.9. The molecule has 0 spiro atoms. The zero-order chi connectivity index (χ0) is 19.4. The van der Waals surface area contributed by atoms with Crippen LogP contribution < -0.4 is 10.1 Å². The number of aryl methyl sites for hydroxylation is 1. The number of carboxylic acid groups (broad SMARTS) is 1. The van der Waals surface area contributed by atoms with E-state index in [0.29, 0.717) is 32.7 Å². The molecule has 0 saturated heterocycles. The van der Waals surface area contributed by atoms with Gasteiger partial charge >= 0.3 is 5.97 Å². The van der Waals surface area contributed by atoms with E-state index in [1.165, 1.54) is 12.5 Å². The van der Waals surface area contributed by atoms with Gasteiger partial charge in [-0.25, -0.2) is 4.39 Å². The number of nitrogens with one attached hydrogen (secondary N) is 1. The molecule has 0 aliphatic heterocycles. The molecular formula is C20H20Br2FNO3. The van der Waals surface area contributed by atoms with Gasteiger partial charge in [0.1, 0.15) is 18.2 Å². The zero-order valence-electron chi connectivity index (χ0n) is 14.6. The lowest BCUT2D eigenvalue weighted by molar-refractivity contribution is -0.136. The minimum absolute atomic E-state index is 0.0606. The lowest BCUT2D eigenvalue weighted by Gasteiger charge is -2.27. The maximum Gasteiger partial charge on any atom is 0.303 e. The van der Waals surface area contributed by atoms with Crippen molar-refractivity contribution >= 4 is 43.5 Å². The number of halogens is 3. The molecule has 0 aromatic heterocycles. The first-order valence-electron chi connectivity index (χ1n) is 8.80. The van der Waals surface area contributed by atoms with E-state index in [1.54, 1.807) is 12.1 Å². The van der Waals surface area contributed by atoms with Crippen molar-refractivity contribution in [2.45, 2.75) is 44.8 Å². The van der Waals surface area contributed by atoms with E-state index in [-0.39, 0.29) is 18.8 Å². The summed E-state index contributed by atoms with van der Waals surface area (Å²) in [5.74, 6) is -0.584. The summed E-state index contributed by atoms with van der Waals surface area (Å²) < 4.78 is 21.4. The van der Waals surface area contributed by atoms with E-state index >= 15 is 0 Å². The van der Waals surface area contributed by atoms with Gasteiger partial charge in [-0.1, -0.05) is 0 Å². The van der Waals surface area contributed by atoms with Crippen molar-refractivity contribution in [1.29, 1.82) is 0 Å². The molecule has 2 aromatic rings. The van der Waals surface area contributed by atoms with Crippen LogP contribution in [0.2, 0.25) is 0 Å². The van der Waals surface area contributed by atoms with E-state index in [4.69, 9.17) is 9.84 Å². The summed E-state index contributed by atoms with van der Waals surface area (Å²) >= 11 is 6.91. The Kier molecular flexibility index (Phi) is 6.76. The Labute approximate surface area is 174 Å². The van der Waals surface area contributed by atoms with Gasteiger partial charge in [0, 0.05) is 23.7 Å². The van der Waals surface area contributed by atoms with Gasteiger partial charge in [0.25, 0.3) is 0 Å². The van der Waals surface area contributed by atoms with Gasteiger partial charge in [-0.15, -0.1) is 0 Å². The number of rotatable bonds is 8. The predicted molar refractivity (Wildman–Crippen MR) is 110 cm³/mol. The largest absolute Gasteiger partial charge is 0.486 e. The van der Waals surface area contributed by atoms with Gasteiger partial charge in [0.05, 0.1) is 8.95 Å². The maximum absolute atomic E-state index is 14.2. The van der Waals surface area contributed by atoms with Crippen molar-refractivity contribution in [3.8, 4) is 5.75 Å². The van der Waals surface area contributed by atoms with Gasteiger partial charge in [0.15, 0.2) is 0 Å². The summed E-state index contributed by atoms with van der Waals surface area (Å²) in [5.41, 5.74) is 2.26. The lowest BCUT2D eigenvalue weighted by Crippen LogP contribution is -2.27. The maximum atomic E-state index is 14.2. The first-order valence-corrected chi connectivity index (χ1v) is 10.4. The summed E-state index contributed by atoms with van der Waals surface area (Å²) in [4.78, 5) is 10.7. The number of carboxylic acids is 1. The normalized spacial score (nSPS) is 13.9. The van der Waals surface area contributed by atoms with Crippen molar-refractivity contribution in [2.24, 2.45) is 0 Å². The SMILES string of the molecule is O=C(O)CCc1cc(Br)c(OCc2cc(NC3CCC3)ccc2F)c(Br)c1. The summed E-state index contributed by atoms with van der Waals surface area (Å²) in [5, 5.41) is 12.2. The van der Waals surface area contributed by atoms with Crippen LogP contribution in [0.5, 0.6) is 5.75 Å². The molecule has 0 bridgehead atoms. The molecule has 2 aromatic carbocycles. The Morgan fingerprint density at radius 2 is 1.93 bits per heavy atom. The fourth-order valence-corrected chi connectivity index (χ4v) is 4.37. The molecule has 1 saturated carbocycles. The van der Waals surface area contributed by atoms with Crippen LogP contribution in [-0.4, -0.2) is 17.1 Å². The number of hydrogen-bond donors (Lipinski definition) is 2. The van der Waals surface area contributed by atoms with Gasteiger partial charge < -0.3 is 15.2 Å². The molecular weight excluding hydrogens is 481 g/mol. The van der Waals surface area contributed by atoms with Gasteiger partial charge in [0.2, 0.25) is 0 Å². The van der Waals surface area contributed by atoms with Crippen LogP contribution in [0.15, 0.2) is 39.3 Å². The molecule has 0 radical (unpaired) electrons. The smallest absolute Gasteiger partial charge is 0.303 e. The van der Waals surface area contributed by atoms with Crippen LogP contribution in [0.3, 0.4) is 0 Å². The molecule has 0 unspecified atom stereocenters. The number of carbonyl (C=O) groups is 1. The molecule has 7 heteroatoms. The Morgan fingerprint density at radius 3 is 2.52 bits per heavy atom. The Morgan fingerprint density at radius 1 is 1.22 bits per heavy atom. The second-order valence-corrected chi connectivity index (χ2v) is 8.36. The third-order valence-corrected chi connectivity index (χ3v) is 5.76. The van der Waals surface area contributed by atoms with E-state index in [9.17, 15) is 9.18 Å². The van der Waals surface area contributed by atoms with E-state index in [1.807, 2.05) is 12.1 Å². The average molecular weight is 501 g/mol. The quantitative estimate of drug-likeness (QED) is 0.473. The Balaban J connectivity index is 1.68. The molecule has 0 heterocycles. The van der Waals surface area contributed by atoms with Gasteiger partial charge in [-0.05, 0) is 93.4 Å². The highest BCUT2D eigenvalue weighted by Crippen LogP contribution is 2.36. The molecule has 4 nitrogen and oxygen atoms in total. The molecule has 1 aliphatic rings. The molecule has 0 atom stereocenters. The number of hydrogen-bond acceptors (Lipinski definition) is 3. The molecule has 144 valence electrons. The molecule has 2 N–H and O–H groups in total. The van der Waals surface area contributed by atoms with Crippen LogP contribution >= 0.6 is 31.9 Å². The molecule has 3 rings (SSSR count). The second-order valence-electron chi connectivity index (χ2n) is 6.65. The molecule has 1 aliphatic carbocycles. The number of anilines is 1. The molecule has 0 amide bonds. The van der Waals surface area contributed by atoms with Gasteiger partial charge in [-0.3, -0.25) is 4.79 Å². The van der Waals surface area contributed by atoms with Crippen molar-refractivity contribution < 1.29 is 19.0 Å². The van der Waals surface area contributed by atoms with E-state index < -0.39 is 5.97 Å². The van der Waals surface area contributed by atoms with Crippen LogP contribution in [-0.2, 0) is 17.8 Å². The monoisotopic (exact) mass is 499 g/mol. The first kappa shape index (κ1) is 20.1. The lowest BCUT2D eigenvalue weighted by atomic mass is 9.93. The molecule has 1 fully saturated rings. The Bertz CT molecular complexity index is 817. The standard InChI is InChI=1S/C20H20Br2FNO3/c21-16-8-12(4-7-19(25)26)9-17(22)20(16)27-11-13-10-15(5-6-18(13)23)24-14-2-1-3-14/h5-6,8-10,14,24H,1-4,7,11H2,(H,25,26).